The summed E-state index contributed by atoms with van der Waals surface area (Å²) in [5.74, 6) is 0. The molecule has 0 unspecified atom stereocenters. The number of nitrogens with one attached hydrogen (secondary N) is 1. The SMILES string of the molecule is C=C[C@@H](C)NCl. The Bertz CT molecular complexity index is 44.8. The Morgan fingerprint density at radius 1 is 2.00 bits per heavy atom. The Morgan fingerprint density at radius 2 is 2.50 bits per heavy atom. The zero-order valence-corrected chi connectivity index (χ0v) is 4.50. The summed E-state index contributed by atoms with van der Waals surface area (Å²) in [5.41, 5.74) is 0. The Labute approximate surface area is 43.1 Å². The van der Waals surface area contributed by atoms with Crippen LogP contribution in [0.1, 0.15) is 6.92 Å². The van der Waals surface area contributed by atoms with Crippen LogP contribution in [-0.4, -0.2) is 6.04 Å². The lowest BCUT2D eigenvalue weighted by Gasteiger charge is -1.95. The molecule has 1 N–H and O–H groups in total. The van der Waals surface area contributed by atoms with Crippen molar-refractivity contribution in [3.8, 4) is 0 Å². The predicted octanol–water partition coefficient (Wildman–Crippen LogP) is 1.30. The molecule has 1 atom stereocenters. The zero-order valence-electron chi connectivity index (χ0n) is 3.74. The monoisotopic (exact) mass is 105 g/mol. The Kier molecular flexibility index (Phi) is 3.19. The lowest BCUT2D eigenvalue weighted by Crippen LogP contribution is -2.10. The summed E-state index contributed by atoms with van der Waals surface area (Å²) in [5, 5.41) is 0. The van der Waals surface area contributed by atoms with Crippen LogP contribution >= 0.6 is 11.8 Å². The van der Waals surface area contributed by atoms with Gasteiger partial charge in [-0.2, -0.15) is 0 Å². The van der Waals surface area contributed by atoms with Crippen LogP contribution in [0, 0.1) is 0 Å². The highest BCUT2D eigenvalue weighted by atomic mass is 35.5. The van der Waals surface area contributed by atoms with E-state index < -0.39 is 0 Å². The van der Waals surface area contributed by atoms with E-state index in [0.717, 1.165) is 0 Å². The molecule has 0 saturated heterocycles. The molecule has 0 aliphatic rings. The van der Waals surface area contributed by atoms with Gasteiger partial charge in [0.15, 0.2) is 0 Å². The fourth-order valence-corrected chi connectivity index (χ4v) is 0.134. The lowest BCUT2D eigenvalue weighted by molar-refractivity contribution is 0.843. The van der Waals surface area contributed by atoms with Gasteiger partial charge >= 0.3 is 0 Å². The van der Waals surface area contributed by atoms with Crippen molar-refractivity contribution in [3.63, 3.8) is 0 Å². The first-order valence-electron chi connectivity index (χ1n) is 1.80. The first kappa shape index (κ1) is 5.99. The van der Waals surface area contributed by atoms with Crippen LogP contribution in [-0.2, 0) is 0 Å². The largest absolute Gasteiger partial charge is 0.227 e. The average molecular weight is 106 g/mol. The van der Waals surface area contributed by atoms with Crippen molar-refractivity contribution in [1.82, 2.24) is 4.84 Å². The molecule has 0 aromatic rings. The minimum atomic E-state index is 0.215. The summed E-state index contributed by atoms with van der Waals surface area (Å²) >= 11 is 5.13. The van der Waals surface area contributed by atoms with Crippen LogP contribution in [0.15, 0.2) is 12.7 Å². The Hall–Kier alpha value is -0.0100. The van der Waals surface area contributed by atoms with Gasteiger partial charge < -0.3 is 0 Å². The van der Waals surface area contributed by atoms with Crippen molar-refractivity contribution in [2.45, 2.75) is 13.0 Å². The maximum atomic E-state index is 5.13. The molecule has 0 aliphatic carbocycles. The third-order valence-electron chi connectivity index (χ3n) is 0.526. The number of rotatable bonds is 2. The van der Waals surface area contributed by atoms with Gasteiger partial charge in [0.2, 0.25) is 0 Å². The third-order valence-corrected chi connectivity index (χ3v) is 0.870. The van der Waals surface area contributed by atoms with Crippen LogP contribution < -0.4 is 4.84 Å². The lowest BCUT2D eigenvalue weighted by atomic mass is 10.4. The van der Waals surface area contributed by atoms with Crippen LogP contribution in [0.5, 0.6) is 0 Å². The highest BCUT2D eigenvalue weighted by Crippen LogP contribution is 1.79. The van der Waals surface area contributed by atoms with Gasteiger partial charge in [0.05, 0.1) is 0 Å². The van der Waals surface area contributed by atoms with E-state index in [1.165, 1.54) is 0 Å². The van der Waals surface area contributed by atoms with Crippen molar-refractivity contribution < 1.29 is 0 Å². The molecule has 6 heavy (non-hydrogen) atoms. The molecule has 2 heteroatoms. The minimum absolute atomic E-state index is 0.215. The number of hydrogen-bond donors (Lipinski definition) is 1. The molecule has 0 spiro atoms. The second-order valence-corrected chi connectivity index (χ2v) is 1.35. The van der Waals surface area contributed by atoms with Gasteiger partial charge in [-0.15, -0.1) is 6.58 Å². The van der Waals surface area contributed by atoms with Crippen LogP contribution in [0.4, 0.5) is 0 Å². The molecule has 0 radical (unpaired) electrons. The van der Waals surface area contributed by atoms with E-state index in [9.17, 15) is 0 Å². The van der Waals surface area contributed by atoms with E-state index in [-0.39, 0.29) is 6.04 Å². The van der Waals surface area contributed by atoms with Gasteiger partial charge in [0.1, 0.15) is 0 Å². The molecule has 0 aromatic carbocycles. The maximum Gasteiger partial charge on any atom is 0.0369 e. The minimum Gasteiger partial charge on any atom is -0.227 e. The smallest absolute Gasteiger partial charge is 0.0369 e. The summed E-state index contributed by atoms with van der Waals surface area (Å²) in [6.45, 7) is 5.40. The Morgan fingerprint density at radius 3 is 2.50 bits per heavy atom. The van der Waals surface area contributed by atoms with E-state index in [1.54, 1.807) is 6.08 Å². The molecule has 0 heterocycles. The van der Waals surface area contributed by atoms with Gasteiger partial charge in [-0.3, -0.25) is 0 Å². The first-order valence-corrected chi connectivity index (χ1v) is 2.17. The van der Waals surface area contributed by atoms with Crippen molar-refractivity contribution >= 4 is 11.8 Å². The van der Waals surface area contributed by atoms with Gasteiger partial charge in [-0.25, -0.2) is 4.84 Å². The van der Waals surface area contributed by atoms with Crippen molar-refractivity contribution in [3.05, 3.63) is 12.7 Å². The van der Waals surface area contributed by atoms with Crippen molar-refractivity contribution in [2.75, 3.05) is 0 Å². The standard InChI is InChI=1S/C4H8ClN/c1-3-4(2)6-5/h3-4,6H,1H2,2H3/t4-/m1/s1. The van der Waals surface area contributed by atoms with E-state index in [0.29, 0.717) is 0 Å². The molecular weight excluding hydrogens is 97.5 g/mol. The fourth-order valence-electron chi connectivity index (χ4n) is 0.0445. The topological polar surface area (TPSA) is 12.0 Å². The van der Waals surface area contributed by atoms with Crippen LogP contribution in [0.25, 0.3) is 0 Å². The molecular formula is C4H8ClN. The molecule has 0 fully saturated rings. The molecule has 1 nitrogen and oxygen atoms in total. The quantitative estimate of drug-likeness (QED) is 0.412. The van der Waals surface area contributed by atoms with Gasteiger partial charge in [-0.05, 0) is 18.7 Å². The second kappa shape index (κ2) is 3.19. The van der Waals surface area contributed by atoms with E-state index in [1.807, 2.05) is 6.92 Å². The molecule has 0 aliphatic heterocycles. The molecule has 0 amide bonds. The third kappa shape index (κ3) is 2.24. The molecule has 0 rings (SSSR count). The zero-order chi connectivity index (χ0) is 4.99. The van der Waals surface area contributed by atoms with E-state index in [4.69, 9.17) is 11.8 Å². The van der Waals surface area contributed by atoms with Gasteiger partial charge in [0.25, 0.3) is 0 Å². The summed E-state index contributed by atoms with van der Waals surface area (Å²) in [4.78, 5) is 2.47. The Balaban J connectivity index is 2.96. The van der Waals surface area contributed by atoms with Crippen LogP contribution in [0.2, 0.25) is 0 Å². The van der Waals surface area contributed by atoms with Gasteiger partial charge in [0, 0.05) is 6.04 Å². The maximum absolute atomic E-state index is 5.13. The summed E-state index contributed by atoms with van der Waals surface area (Å²) in [7, 11) is 0. The average Bonchev–Trinajstić information content (AvgIpc) is 1.65. The molecule has 0 saturated carbocycles. The molecule has 0 bridgehead atoms. The normalized spacial score (nSPS) is 13.7. The summed E-state index contributed by atoms with van der Waals surface area (Å²) < 4.78 is 0. The first-order chi connectivity index (χ1) is 2.81. The van der Waals surface area contributed by atoms with Crippen molar-refractivity contribution in [2.24, 2.45) is 0 Å². The predicted molar refractivity (Wildman–Crippen MR) is 28.6 cm³/mol. The molecule has 0 aromatic heterocycles. The molecule has 36 valence electrons. The fraction of sp³-hybridized carbons (Fsp3) is 0.500. The second-order valence-electron chi connectivity index (χ2n) is 1.13. The van der Waals surface area contributed by atoms with Gasteiger partial charge in [-0.1, -0.05) is 6.08 Å². The number of halogens is 1. The highest BCUT2D eigenvalue weighted by molar-refractivity contribution is 6.13. The summed E-state index contributed by atoms with van der Waals surface area (Å²) in [6.07, 6.45) is 1.73. The van der Waals surface area contributed by atoms with Crippen molar-refractivity contribution in [1.29, 1.82) is 0 Å². The summed E-state index contributed by atoms with van der Waals surface area (Å²) in [6, 6.07) is 0.215. The van der Waals surface area contributed by atoms with Crippen LogP contribution in [0.3, 0.4) is 0 Å². The number of hydrogen-bond acceptors (Lipinski definition) is 1. The van der Waals surface area contributed by atoms with E-state index in [2.05, 4.69) is 11.4 Å². The van der Waals surface area contributed by atoms with E-state index >= 15 is 0 Å². The highest BCUT2D eigenvalue weighted by Gasteiger charge is 1.84.